The molecule has 1 amide bonds. The molecule has 5 N–H and O–H groups in total. The summed E-state index contributed by atoms with van der Waals surface area (Å²) in [5, 5.41) is 6.95. The Balaban J connectivity index is 1.34. The smallest absolute Gasteiger partial charge is 0.250 e. The Morgan fingerprint density at radius 3 is 3.00 bits per heavy atom. The van der Waals surface area contributed by atoms with Gasteiger partial charge in [-0.25, -0.2) is 9.97 Å². The van der Waals surface area contributed by atoms with Crippen molar-refractivity contribution in [3.63, 3.8) is 0 Å². The topological polar surface area (TPSA) is 112 Å². The van der Waals surface area contributed by atoms with Crippen molar-refractivity contribution in [3.8, 4) is 11.4 Å². The number of amides is 1. The summed E-state index contributed by atoms with van der Waals surface area (Å²) < 4.78 is 0. The molecule has 3 heterocycles. The van der Waals surface area contributed by atoms with Crippen molar-refractivity contribution in [1.82, 2.24) is 25.2 Å². The van der Waals surface area contributed by atoms with E-state index in [1.54, 1.807) is 18.3 Å². The Labute approximate surface area is 182 Å². The first-order chi connectivity index (χ1) is 15.2. The maximum atomic E-state index is 11.6. The van der Waals surface area contributed by atoms with E-state index in [4.69, 9.17) is 5.73 Å². The Morgan fingerprint density at radius 1 is 1.32 bits per heavy atom. The summed E-state index contributed by atoms with van der Waals surface area (Å²) in [6.45, 7) is 7.65. The zero-order valence-electron chi connectivity index (χ0n) is 18.0. The Bertz CT molecular complexity index is 1010. The van der Waals surface area contributed by atoms with E-state index in [0.29, 0.717) is 22.9 Å². The number of anilines is 1. The Morgan fingerprint density at radius 2 is 2.23 bits per heavy atom. The second-order valence-electron chi connectivity index (χ2n) is 8.02. The van der Waals surface area contributed by atoms with Crippen LogP contribution in [-0.2, 0) is 0 Å². The number of pyridine rings is 1. The summed E-state index contributed by atoms with van der Waals surface area (Å²) >= 11 is 0. The van der Waals surface area contributed by atoms with E-state index in [0.717, 1.165) is 49.5 Å². The monoisotopic (exact) mass is 421 g/mol. The van der Waals surface area contributed by atoms with Crippen LogP contribution in [0.15, 0.2) is 36.5 Å². The normalized spacial score (nSPS) is 17.5. The molecule has 2 aromatic heterocycles. The van der Waals surface area contributed by atoms with Gasteiger partial charge in [0.15, 0.2) is 0 Å². The standard InChI is InChI=1S/C23H31N7O/c1-2-17-15-25-10-4-12-30(17)13-5-11-26-20-9-8-16(14-27-20)23-28-19-7-3-6-18(22(24)31)21(19)29-23/h3,6-9,14,17,25H,2,4-5,10-13,15H2,1H3,(H2,24,31)(H,26,27)(H,28,29). The van der Waals surface area contributed by atoms with Crippen LogP contribution in [0, 0.1) is 0 Å². The molecule has 3 aromatic rings. The number of hydrogen-bond acceptors (Lipinski definition) is 6. The van der Waals surface area contributed by atoms with Crippen LogP contribution in [0.4, 0.5) is 5.82 Å². The fourth-order valence-corrected chi connectivity index (χ4v) is 4.19. The molecule has 1 atom stereocenters. The van der Waals surface area contributed by atoms with Crippen molar-refractivity contribution >= 4 is 22.8 Å². The van der Waals surface area contributed by atoms with E-state index in [1.165, 1.54) is 19.4 Å². The van der Waals surface area contributed by atoms with Crippen LogP contribution < -0.4 is 16.4 Å². The van der Waals surface area contributed by atoms with Gasteiger partial charge in [0.2, 0.25) is 0 Å². The molecule has 0 bridgehead atoms. The van der Waals surface area contributed by atoms with Crippen LogP contribution in [-0.4, -0.2) is 64.5 Å². The molecule has 1 unspecified atom stereocenters. The highest BCUT2D eigenvalue weighted by molar-refractivity contribution is 6.04. The van der Waals surface area contributed by atoms with Crippen molar-refractivity contribution < 1.29 is 4.79 Å². The molecule has 31 heavy (non-hydrogen) atoms. The number of nitrogens with two attached hydrogens (primary N) is 1. The van der Waals surface area contributed by atoms with Gasteiger partial charge in [-0.05, 0) is 56.6 Å². The molecular formula is C23H31N7O. The molecule has 0 aliphatic carbocycles. The minimum atomic E-state index is -0.483. The lowest BCUT2D eigenvalue weighted by Crippen LogP contribution is -2.40. The third-order valence-corrected chi connectivity index (χ3v) is 5.91. The van der Waals surface area contributed by atoms with Crippen LogP contribution in [0.2, 0.25) is 0 Å². The molecule has 0 spiro atoms. The van der Waals surface area contributed by atoms with Gasteiger partial charge in [-0.3, -0.25) is 9.69 Å². The van der Waals surface area contributed by atoms with E-state index >= 15 is 0 Å². The third kappa shape index (κ3) is 5.03. The molecule has 0 saturated carbocycles. The SMILES string of the molecule is CCC1CNCCCN1CCCNc1ccc(-c2nc3c(C(N)=O)cccc3[nH]2)cn1. The predicted octanol–water partition coefficient (Wildman–Crippen LogP) is 2.60. The lowest BCUT2D eigenvalue weighted by Gasteiger charge is -2.28. The quantitative estimate of drug-likeness (QED) is 0.416. The molecule has 1 aromatic carbocycles. The predicted molar refractivity (Wildman–Crippen MR) is 124 cm³/mol. The molecule has 8 heteroatoms. The van der Waals surface area contributed by atoms with E-state index in [1.807, 2.05) is 18.2 Å². The maximum Gasteiger partial charge on any atom is 0.250 e. The molecule has 1 aliphatic heterocycles. The number of nitrogens with zero attached hydrogens (tertiary/aromatic N) is 3. The van der Waals surface area contributed by atoms with Gasteiger partial charge in [-0.2, -0.15) is 0 Å². The first kappa shape index (κ1) is 21.3. The second-order valence-corrected chi connectivity index (χ2v) is 8.02. The summed E-state index contributed by atoms with van der Waals surface area (Å²) in [5.41, 5.74) is 8.10. The molecule has 4 rings (SSSR count). The van der Waals surface area contributed by atoms with Gasteiger partial charge in [0.1, 0.15) is 17.2 Å². The number of aromatic nitrogens is 3. The van der Waals surface area contributed by atoms with E-state index < -0.39 is 5.91 Å². The van der Waals surface area contributed by atoms with Crippen molar-refractivity contribution in [2.75, 3.05) is 38.0 Å². The lowest BCUT2D eigenvalue weighted by atomic mass is 10.2. The van der Waals surface area contributed by atoms with Crippen LogP contribution in [0.25, 0.3) is 22.4 Å². The number of imidazole rings is 1. The lowest BCUT2D eigenvalue weighted by molar-refractivity contribution is 0.100. The number of carbonyl (C=O) groups is 1. The average Bonchev–Trinajstić information content (AvgIpc) is 3.09. The summed E-state index contributed by atoms with van der Waals surface area (Å²) in [6, 6.07) is 9.93. The van der Waals surface area contributed by atoms with Crippen molar-refractivity contribution in [1.29, 1.82) is 0 Å². The first-order valence-corrected chi connectivity index (χ1v) is 11.1. The largest absolute Gasteiger partial charge is 0.370 e. The minimum Gasteiger partial charge on any atom is -0.370 e. The number of fused-ring (bicyclic) bond motifs is 1. The second kappa shape index (κ2) is 9.89. The molecule has 1 fully saturated rings. The zero-order valence-corrected chi connectivity index (χ0v) is 18.0. The highest BCUT2D eigenvalue weighted by Crippen LogP contribution is 2.23. The maximum absolute atomic E-state index is 11.6. The number of nitrogens with one attached hydrogen (secondary N) is 3. The summed E-state index contributed by atoms with van der Waals surface area (Å²) in [4.78, 5) is 26.6. The van der Waals surface area contributed by atoms with Crippen LogP contribution in [0.1, 0.15) is 36.5 Å². The van der Waals surface area contributed by atoms with Gasteiger partial charge in [-0.1, -0.05) is 13.0 Å². The molecule has 164 valence electrons. The highest BCUT2D eigenvalue weighted by Gasteiger charge is 2.18. The summed E-state index contributed by atoms with van der Waals surface area (Å²) in [7, 11) is 0. The first-order valence-electron chi connectivity index (χ1n) is 11.1. The van der Waals surface area contributed by atoms with E-state index in [2.05, 4.69) is 37.4 Å². The fourth-order valence-electron chi connectivity index (χ4n) is 4.19. The number of rotatable bonds is 8. The third-order valence-electron chi connectivity index (χ3n) is 5.91. The van der Waals surface area contributed by atoms with Crippen LogP contribution in [0.5, 0.6) is 0 Å². The molecule has 1 saturated heterocycles. The number of para-hydroxylation sites is 1. The zero-order chi connectivity index (χ0) is 21.6. The highest BCUT2D eigenvalue weighted by atomic mass is 16.1. The Hall–Kier alpha value is -2.97. The van der Waals surface area contributed by atoms with Gasteiger partial charge in [-0.15, -0.1) is 0 Å². The number of aromatic amines is 1. The fraction of sp³-hybridized carbons (Fsp3) is 0.435. The molecule has 8 nitrogen and oxygen atoms in total. The average molecular weight is 422 g/mol. The number of hydrogen-bond donors (Lipinski definition) is 4. The van der Waals surface area contributed by atoms with Gasteiger partial charge in [0.25, 0.3) is 5.91 Å². The van der Waals surface area contributed by atoms with Crippen molar-refractivity contribution in [2.24, 2.45) is 5.73 Å². The Kier molecular flexibility index (Phi) is 6.79. The van der Waals surface area contributed by atoms with Crippen LogP contribution in [0.3, 0.4) is 0 Å². The number of carbonyl (C=O) groups excluding carboxylic acids is 1. The van der Waals surface area contributed by atoms with E-state index in [9.17, 15) is 4.79 Å². The number of H-pyrrole nitrogens is 1. The van der Waals surface area contributed by atoms with Gasteiger partial charge >= 0.3 is 0 Å². The molecule has 1 aliphatic rings. The van der Waals surface area contributed by atoms with Gasteiger partial charge in [0.05, 0.1) is 11.1 Å². The van der Waals surface area contributed by atoms with Gasteiger partial charge < -0.3 is 21.4 Å². The van der Waals surface area contributed by atoms with Crippen molar-refractivity contribution in [3.05, 3.63) is 42.1 Å². The molecule has 0 radical (unpaired) electrons. The minimum absolute atomic E-state index is 0.414. The summed E-state index contributed by atoms with van der Waals surface area (Å²) in [5.74, 6) is 1.04. The van der Waals surface area contributed by atoms with Crippen molar-refractivity contribution in [2.45, 2.75) is 32.2 Å². The number of primary amides is 1. The summed E-state index contributed by atoms with van der Waals surface area (Å²) in [6.07, 6.45) is 5.28. The molecular weight excluding hydrogens is 390 g/mol. The number of benzene rings is 1. The van der Waals surface area contributed by atoms with Gasteiger partial charge in [0, 0.05) is 37.4 Å². The van der Waals surface area contributed by atoms with E-state index in [-0.39, 0.29) is 0 Å². The van der Waals surface area contributed by atoms with Crippen LogP contribution >= 0.6 is 0 Å².